The van der Waals surface area contributed by atoms with Crippen molar-refractivity contribution in [2.24, 2.45) is 0 Å². The standard InChI is InChI=1S/C11H15NO/c1-8(2)10-6-11-9(7-12-10)4-3-5-13-11/h6-8H,3-5H2,1-2H3. The minimum absolute atomic E-state index is 0.482. The molecule has 0 spiro atoms. The van der Waals surface area contributed by atoms with Gasteiger partial charge >= 0.3 is 0 Å². The van der Waals surface area contributed by atoms with Gasteiger partial charge in [0.2, 0.25) is 0 Å². The van der Waals surface area contributed by atoms with Gasteiger partial charge in [-0.15, -0.1) is 0 Å². The lowest BCUT2D eigenvalue weighted by atomic mass is 10.0. The zero-order valence-electron chi connectivity index (χ0n) is 8.21. The zero-order valence-corrected chi connectivity index (χ0v) is 8.21. The number of pyridine rings is 1. The number of ether oxygens (including phenoxy) is 1. The number of hydrogen-bond donors (Lipinski definition) is 0. The Morgan fingerprint density at radius 3 is 3.08 bits per heavy atom. The van der Waals surface area contributed by atoms with Crippen LogP contribution in [0.25, 0.3) is 0 Å². The van der Waals surface area contributed by atoms with Gasteiger partial charge in [0.25, 0.3) is 0 Å². The van der Waals surface area contributed by atoms with E-state index in [2.05, 4.69) is 24.9 Å². The Balaban J connectivity index is 2.35. The second-order valence-electron chi connectivity index (χ2n) is 3.82. The van der Waals surface area contributed by atoms with Crippen LogP contribution < -0.4 is 4.74 Å². The maximum absolute atomic E-state index is 5.57. The normalized spacial score (nSPS) is 15.3. The SMILES string of the molecule is CC(C)c1cc2c(cn1)CCCO2. The average Bonchev–Trinajstić information content (AvgIpc) is 2.17. The summed E-state index contributed by atoms with van der Waals surface area (Å²) in [7, 11) is 0. The highest BCUT2D eigenvalue weighted by Gasteiger charge is 2.12. The van der Waals surface area contributed by atoms with Crippen LogP contribution in [0.15, 0.2) is 12.3 Å². The van der Waals surface area contributed by atoms with Crippen LogP contribution in [0.2, 0.25) is 0 Å². The summed E-state index contributed by atoms with van der Waals surface area (Å²) in [4.78, 5) is 4.41. The first-order valence-corrected chi connectivity index (χ1v) is 4.89. The molecule has 0 aliphatic carbocycles. The van der Waals surface area contributed by atoms with Crippen molar-refractivity contribution in [3.8, 4) is 5.75 Å². The number of aromatic nitrogens is 1. The molecule has 70 valence electrons. The summed E-state index contributed by atoms with van der Waals surface area (Å²) in [6.45, 7) is 5.16. The lowest BCUT2D eigenvalue weighted by Gasteiger charge is -2.18. The van der Waals surface area contributed by atoms with E-state index in [0.29, 0.717) is 5.92 Å². The summed E-state index contributed by atoms with van der Waals surface area (Å²) in [5.41, 5.74) is 2.39. The number of nitrogens with zero attached hydrogens (tertiary/aromatic N) is 1. The van der Waals surface area contributed by atoms with E-state index in [1.807, 2.05) is 6.20 Å². The highest BCUT2D eigenvalue weighted by molar-refractivity contribution is 5.35. The molecule has 0 saturated carbocycles. The summed E-state index contributed by atoms with van der Waals surface area (Å²) < 4.78 is 5.57. The van der Waals surface area contributed by atoms with Crippen molar-refractivity contribution in [2.75, 3.05) is 6.61 Å². The van der Waals surface area contributed by atoms with Gasteiger partial charge in [-0.05, 0) is 18.8 Å². The molecule has 0 atom stereocenters. The molecule has 0 unspecified atom stereocenters. The molecular weight excluding hydrogens is 162 g/mol. The van der Waals surface area contributed by atoms with Crippen molar-refractivity contribution >= 4 is 0 Å². The summed E-state index contributed by atoms with van der Waals surface area (Å²) in [5.74, 6) is 1.53. The van der Waals surface area contributed by atoms with Crippen LogP contribution in [-0.4, -0.2) is 11.6 Å². The van der Waals surface area contributed by atoms with Crippen LogP contribution in [0.5, 0.6) is 5.75 Å². The molecule has 2 nitrogen and oxygen atoms in total. The third-order valence-electron chi connectivity index (χ3n) is 2.40. The van der Waals surface area contributed by atoms with Gasteiger partial charge in [-0.3, -0.25) is 4.98 Å². The monoisotopic (exact) mass is 177 g/mol. The fraction of sp³-hybridized carbons (Fsp3) is 0.545. The molecular formula is C11H15NO. The van der Waals surface area contributed by atoms with E-state index >= 15 is 0 Å². The van der Waals surface area contributed by atoms with Gasteiger partial charge in [0.1, 0.15) is 5.75 Å². The van der Waals surface area contributed by atoms with Crippen molar-refractivity contribution < 1.29 is 4.74 Å². The van der Waals surface area contributed by atoms with Gasteiger partial charge in [-0.25, -0.2) is 0 Å². The first-order chi connectivity index (χ1) is 6.27. The molecule has 0 fully saturated rings. The van der Waals surface area contributed by atoms with Crippen molar-refractivity contribution in [1.29, 1.82) is 0 Å². The van der Waals surface area contributed by atoms with Gasteiger partial charge in [-0.1, -0.05) is 13.8 Å². The fourth-order valence-corrected chi connectivity index (χ4v) is 1.56. The molecule has 0 aromatic carbocycles. The number of aryl methyl sites for hydroxylation is 1. The summed E-state index contributed by atoms with van der Waals surface area (Å²) >= 11 is 0. The van der Waals surface area contributed by atoms with Crippen LogP contribution in [0.3, 0.4) is 0 Å². The van der Waals surface area contributed by atoms with Crippen LogP contribution in [0.1, 0.15) is 37.4 Å². The predicted octanol–water partition coefficient (Wildman–Crippen LogP) is 2.53. The number of hydrogen-bond acceptors (Lipinski definition) is 2. The molecule has 0 saturated heterocycles. The first kappa shape index (κ1) is 8.54. The molecule has 1 aliphatic rings. The highest BCUT2D eigenvalue weighted by atomic mass is 16.5. The zero-order chi connectivity index (χ0) is 9.26. The van der Waals surface area contributed by atoms with Gasteiger partial charge in [-0.2, -0.15) is 0 Å². The quantitative estimate of drug-likeness (QED) is 0.657. The van der Waals surface area contributed by atoms with E-state index in [9.17, 15) is 0 Å². The molecule has 1 aliphatic heterocycles. The van der Waals surface area contributed by atoms with E-state index in [-0.39, 0.29) is 0 Å². The van der Waals surface area contributed by atoms with Gasteiger partial charge in [0, 0.05) is 23.5 Å². The van der Waals surface area contributed by atoms with Crippen LogP contribution >= 0.6 is 0 Å². The molecule has 1 aromatic heterocycles. The summed E-state index contributed by atoms with van der Waals surface area (Å²) in [5, 5.41) is 0. The third-order valence-corrected chi connectivity index (χ3v) is 2.40. The maximum atomic E-state index is 5.57. The lowest BCUT2D eigenvalue weighted by molar-refractivity contribution is 0.287. The van der Waals surface area contributed by atoms with Crippen molar-refractivity contribution in [3.05, 3.63) is 23.5 Å². The van der Waals surface area contributed by atoms with Crippen molar-refractivity contribution in [2.45, 2.75) is 32.6 Å². The fourth-order valence-electron chi connectivity index (χ4n) is 1.56. The molecule has 2 heterocycles. The highest BCUT2D eigenvalue weighted by Crippen LogP contribution is 2.26. The van der Waals surface area contributed by atoms with Gasteiger partial charge in [0.05, 0.1) is 6.61 Å². The molecule has 2 rings (SSSR count). The van der Waals surface area contributed by atoms with E-state index in [1.165, 1.54) is 5.56 Å². The Morgan fingerprint density at radius 1 is 1.46 bits per heavy atom. The van der Waals surface area contributed by atoms with Crippen LogP contribution in [0, 0.1) is 0 Å². The van der Waals surface area contributed by atoms with E-state index < -0.39 is 0 Å². The Hall–Kier alpha value is -1.05. The lowest BCUT2D eigenvalue weighted by Crippen LogP contribution is -2.09. The first-order valence-electron chi connectivity index (χ1n) is 4.89. The Kier molecular flexibility index (Phi) is 2.21. The maximum Gasteiger partial charge on any atom is 0.125 e. The summed E-state index contributed by atoms with van der Waals surface area (Å²) in [6.07, 6.45) is 4.19. The molecule has 0 amide bonds. The van der Waals surface area contributed by atoms with Crippen LogP contribution in [0.4, 0.5) is 0 Å². The van der Waals surface area contributed by atoms with Gasteiger partial charge < -0.3 is 4.74 Å². The van der Waals surface area contributed by atoms with E-state index in [0.717, 1.165) is 30.9 Å². The van der Waals surface area contributed by atoms with Crippen molar-refractivity contribution in [3.63, 3.8) is 0 Å². The molecule has 0 radical (unpaired) electrons. The Morgan fingerprint density at radius 2 is 2.31 bits per heavy atom. The Bertz CT molecular complexity index is 307. The largest absolute Gasteiger partial charge is 0.493 e. The number of fused-ring (bicyclic) bond motifs is 1. The smallest absolute Gasteiger partial charge is 0.125 e. The number of rotatable bonds is 1. The molecule has 13 heavy (non-hydrogen) atoms. The van der Waals surface area contributed by atoms with E-state index in [4.69, 9.17) is 4.74 Å². The third kappa shape index (κ3) is 1.67. The molecule has 0 bridgehead atoms. The minimum Gasteiger partial charge on any atom is -0.493 e. The molecule has 2 heteroatoms. The van der Waals surface area contributed by atoms with Crippen LogP contribution in [-0.2, 0) is 6.42 Å². The predicted molar refractivity (Wildman–Crippen MR) is 52.1 cm³/mol. The second-order valence-corrected chi connectivity index (χ2v) is 3.82. The molecule has 1 aromatic rings. The average molecular weight is 177 g/mol. The Labute approximate surface area is 78.9 Å². The second kappa shape index (κ2) is 3.36. The molecule has 0 N–H and O–H groups in total. The van der Waals surface area contributed by atoms with Crippen molar-refractivity contribution in [1.82, 2.24) is 4.98 Å². The minimum atomic E-state index is 0.482. The summed E-state index contributed by atoms with van der Waals surface area (Å²) in [6, 6.07) is 2.08. The van der Waals surface area contributed by atoms with Gasteiger partial charge in [0.15, 0.2) is 0 Å². The van der Waals surface area contributed by atoms with E-state index in [1.54, 1.807) is 0 Å². The topological polar surface area (TPSA) is 22.1 Å².